The van der Waals surface area contributed by atoms with Gasteiger partial charge in [0.1, 0.15) is 5.69 Å². The van der Waals surface area contributed by atoms with Crippen molar-refractivity contribution in [2.24, 2.45) is 0 Å². The molecule has 2 aromatic carbocycles. The summed E-state index contributed by atoms with van der Waals surface area (Å²) in [7, 11) is 0. The van der Waals surface area contributed by atoms with Gasteiger partial charge in [0.15, 0.2) is 11.6 Å². The second-order valence-electron chi connectivity index (χ2n) is 4.00. The van der Waals surface area contributed by atoms with Crippen molar-refractivity contribution < 1.29 is 8.78 Å². The Labute approximate surface area is 104 Å². The van der Waals surface area contributed by atoms with Gasteiger partial charge in [-0.15, -0.1) is 0 Å². The third kappa shape index (κ3) is 2.42. The highest BCUT2D eigenvalue weighted by molar-refractivity contribution is 5.73. The lowest BCUT2D eigenvalue weighted by Gasteiger charge is -2.11. The first-order valence-electron chi connectivity index (χ1n) is 5.71. The first-order valence-corrected chi connectivity index (χ1v) is 5.71. The Morgan fingerprint density at radius 2 is 1.94 bits per heavy atom. The Balaban J connectivity index is 2.36. The number of anilines is 3. The van der Waals surface area contributed by atoms with Crippen LogP contribution in [0.2, 0.25) is 0 Å². The molecule has 0 aliphatic rings. The minimum atomic E-state index is -0.961. The molecule has 2 aromatic rings. The highest BCUT2D eigenvalue weighted by Crippen LogP contribution is 2.28. The summed E-state index contributed by atoms with van der Waals surface area (Å²) in [4.78, 5) is 0. The van der Waals surface area contributed by atoms with Crippen molar-refractivity contribution in [3.63, 3.8) is 0 Å². The zero-order valence-corrected chi connectivity index (χ0v) is 10.0. The zero-order chi connectivity index (χ0) is 13.1. The number of nitrogen functional groups attached to an aromatic ring is 1. The molecule has 0 fully saturated rings. The molecular formula is C14H14F2N2. The summed E-state index contributed by atoms with van der Waals surface area (Å²) in [5, 5.41) is 2.82. The van der Waals surface area contributed by atoms with Crippen molar-refractivity contribution in [2.45, 2.75) is 13.3 Å². The maximum atomic E-state index is 13.6. The van der Waals surface area contributed by atoms with Gasteiger partial charge in [0.25, 0.3) is 0 Å². The average molecular weight is 248 g/mol. The molecule has 0 amide bonds. The summed E-state index contributed by atoms with van der Waals surface area (Å²) in [5.74, 6) is -1.88. The van der Waals surface area contributed by atoms with Crippen molar-refractivity contribution in [2.75, 3.05) is 11.1 Å². The molecule has 0 heterocycles. The molecule has 2 nitrogen and oxygen atoms in total. The summed E-state index contributed by atoms with van der Waals surface area (Å²) in [6.07, 6.45) is 0.872. The van der Waals surface area contributed by atoms with Crippen LogP contribution >= 0.6 is 0 Å². The van der Waals surface area contributed by atoms with E-state index in [0.717, 1.165) is 18.1 Å². The van der Waals surface area contributed by atoms with Gasteiger partial charge >= 0.3 is 0 Å². The van der Waals surface area contributed by atoms with Crippen molar-refractivity contribution in [3.8, 4) is 0 Å². The minimum Gasteiger partial charge on any atom is -0.397 e. The molecule has 0 bridgehead atoms. The van der Waals surface area contributed by atoms with E-state index in [0.29, 0.717) is 5.69 Å². The van der Waals surface area contributed by atoms with E-state index in [4.69, 9.17) is 5.73 Å². The lowest BCUT2D eigenvalue weighted by molar-refractivity contribution is 0.512. The fourth-order valence-electron chi connectivity index (χ4n) is 1.71. The van der Waals surface area contributed by atoms with Crippen LogP contribution in [-0.4, -0.2) is 0 Å². The van der Waals surface area contributed by atoms with Gasteiger partial charge in [-0.25, -0.2) is 8.78 Å². The Hall–Kier alpha value is -2.10. The SMILES string of the molecule is CCc1cccc(Nc2c(N)ccc(F)c2F)c1. The molecule has 0 aliphatic carbocycles. The molecule has 0 aromatic heterocycles. The fraction of sp³-hybridized carbons (Fsp3) is 0.143. The minimum absolute atomic E-state index is 0.0248. The molecule has 2 rings (SSSR count). The Morgan fingerprint density at radius 1 is 1.17 bits per heavy atom. The number of hydrogen-bond acceptors (Lipinski definition) is 2. The molecule has 0 spiro atoms. The van der Waals surface area contributed by atoms with E-state index in [1.54, 1.807) is 6.07 Å². The number of benzene rings is 2. The van der Waals surface area contributed by atoms with Gasteiger partial charge in [0.2, 0.25) is 0 Å². The zero-order valence-electron chi connectivity index (χ0n) is 10.0. The maximum absolute atomic E-state index is 13.6. The van der Waals surface area contributed by atoms with Crippen LogP contribution in [0.3, 0.4) is 0 Å². The van der Waals surface area contributed by atoms with E-state index in [2.05, 4.69) is 5.32 Å². The van der Waals surface area contributed by atoms with E-state index in [1.165, 1.54) is 6.07 Å². The number of halogens is 2. The summed E-state index contributed by atoms with van der Waals surface area (Å²) in [6, 6.07) is 9.83. The summed E-state index contributed by atoms with van der Waals surface area (Å²) in [6.45, 7) is 2.02. The highest BCUT2D eigenvalue weighted by Gasteiger charge is 2.11. The first kappa shape index (κ1) is 12.4. The van der Waals surface area contributed by atoms with Crippen LogP contribution in [0, 0.1) is 11.6 Å². The van der Waals surface area contributed by atoms with Crippen molar-refractivity contribution in [1.82, 2.24) is 0 Å². The average Bonchev–Trinajstić information content (AvgIpc) is 2.39. The van der Waals surface area contributed by atoms with Gasteiger partial charge < -0.3 is 11.1 Å². The number of nitrogens with one attached hydrogen (secondary N) is 1. The third-order valence-electron chi connectivity index (χ3n) is 2.73. The predicted octanol–water partition coefficient (Wildman–Crippen LogP) is 3.85. The van der Waals surface area contributed by atoms with Crippen molar-refractivity contribution in [3.05, 3.63) is 53.6 Å². The number of aryl methyl sites for hydroxylation is 1. The molecule has 0 aliphatic heterocycles. The second-order valence-corrected chi connectivity index (χ2v) is 4.00. The molecular weight excluding hydrogens is 234 g/mol. The number of rotatable bonds is 3. The molecule has 4 heteroatoms. The third-order valence-corrected chi connectivity index (χ3v) is 2.73. The van der Waals surface area contributed by atoms with Crippen LogP contribution in [-0.2, 0) is 6.42 Å². The molecule has 0 saturated carbocycles. The predicted molar refractivity (Wildman–Crippen MR) is 69.9 cm³/mol. The van der Waals surface area contributed by atoms with Crippen LogP contribution < -0.4 is 11.1 Å². The topological polar surface area (TPSA) is 38.0 Å². The Bertz CT molecular complexity index is 568. The van der Waals surface area contributed by atoms with Gasteiger partial charge in [-0.2, -0.15) is 0 Å². The van der Waals surface area contributed by atoms with E-state index in [9.17, 15) is 8.78 Å². The molecule has 18 heavy (non-hydrogen) atoms. The molecule has 3 N–H and O–H groups in total. The molecule has 94 valence electrons. The van der Waals surface area contributed by atoms with Crippen LogP contribution in [0.1, 0.15) is 12.5 Å². The fourth-order valence-corrected chi connectivity index (χ4v) is 1.71. The van der Waals surface area contributed by atoms with Crippen molar-refractivity contribution >= 4 is 17.1 Å². The molecule has 0 atom stereocenters. The largest absolute Gasteiger partial charge is 0.397 e. The number of nitrogens with two attached hydrogens (primary N) is 1. The van der Waals surface area contributed by atoms with Gasteiger partial charge in [0.05, 0.1) is 5.69 Å². The van der Waals surface area contributed by atoms with Gasteiger partial charge in [0, 0.05) is 5.69 Å². The van der Waals surface area contributed by atoms with Crippen LogP contribution in [0.15, 0.2) is 36.4 Å². The van der Waals surface area contributed by atoms with E-state index in [-0.39, 0.29) is 11.4 Å². The van der Waals surface area contributed by atoms with Crippen LogP contribution in [0.5, 0.6) is 0 Å². The van der Waals surface area contributed by atoms with Gasteiger partial charge in [-0.05, 0) is 36.2 Å². The summed E-state index contributed by atoms with van der Waals surface area (Å²) >= 11 is 0. The quantitative estimate of drug-likeness (QED) is 0.809. The number of hydrogen-bond donors (Lipinski definition) is 2. The molecule has 0 unspecified atom stereocenters. The monoisotopic (exact) mass is 248 g/mol. The van der Waals surface area contributed by atoms with E-state index < -0.39 is 11.6 Å². The highest BCUT2D eigenvalue weighted by atomic mass is 19.2. The van der Waals surface area contributed by atoms with E-state index >= 15 is 0 Å². The maximum Gasteiger partial charge on any atom is 0.184 e. The molecule has 0 radical (unpaired) electrons. The van der Waals surface area contributed by atoms with Gasteiger partial charge in [-0.1, -0.05) is 19.1 Å². The van der Waals surface area contributed by atoms with Crippen LogP contribution in [0.25, 0.3) is 0 Å². The summed E-state index contributed by atoms with van der Waals surface area (Å²) < 4.78 is 26.7. The van der Waals surface area contributed by atoms with Crippen molar-refractivity contribution in [1.29, 1.82) is 0 Å². The normalized spacial score (nSPS) is 10.4. The van der Waals surface area contributed by atoms with Gasteiger partial charge in [-0.3, -0.25) is 0 Å². The lowest BCUT2D eigenvalue weighted by Crippen LogP contribution is -2.01. The Kier molecular flexibility index (Phi) is 3.46. The first-order chi connectivity index (χ1) is 8.61. The summed E-state index contributed by atoms with van der Waals surface area (Å²) in [5.41, 5.74) is 7.58. The lowest BCUT2D eigenvalue weighted by atomic mass is 10.1. The smallest absolute Gasteiger partial charge is 0.184 e. The standard InChI is InChI=1S/C14H14F2N2/c1-2-9-4-3-5-10(8-9)18-14-12(17)7-6-11(15)13(14)16/h3-8,18H,2,17H2,1H3. The Morgan fingerprint density at radius 3 is 2.67 bits per heavy atom. The molecule has 0 saturated heterocycles. The van der Waals surface area contributed by atoms with E-state index in [1.807, 2.05) is 25.1 Å². The second kappa shape index (κ2) is 5.04. The van der Waals surface area contributed by atoms with Crippen LogP contribution in [0.4, 0.5) is 25.8 Å².